The molecule has 0 bridgehead atoms. The van der Waals surface area contributed by atoms with E-state index in [-0.39, 0.29) is 0 Å². The molecule has 4 nitrogen and oxygen atoms in total. The number of hydrogen-bond acceptors (Lipinski definition) is 3. The first-order valence-corrected chi connectivity index (χ1v) is 7.06. The van der Waals surface area contributed by atoms with E-state index in [0.717, 1.165) is 32.4 Å². The molecule has 0 aromatic heterocycles. The highest BCUT2D eigenvalue weighted by molar-refractivity contribution is 5.78. The zero-order valence-corrected chi connectivity index (χ0v) is 12.6. The van der Waals surface area contributed by atoms with Crippen LogP contribution in [0.1, 0.15) is 53.4 Å². The summed E-state index contributed by atoms with van der Waals surface area (Å²) in [5, 5.41) is 12.4. The minimum Gasteiger partial charge on any atom is -0.480 e. The predicted molar refractivity (Wildman–Crippen MR) is 76.0 cm³/mol. The molecular formula is C14H30N2O2. The molecule has 0 aromatic rings. The molecule has 2 unspecified atom stereocenters. The maximum absolute atomic E-state index is 11.3. The second-order valence-electron chi connectivity index (χ2n) is 5.41. The Kier molecular flexibility index (Phi) is 8.20. The summed E-state index contributed by atoms with van der Waals surface area (Å²) < 4.78 is 0. The van der Waals surface area contributed by atoms with Crippen LogP contribution in [0.25, 0.3) is 0 Å². The number of rotatable bonds is 10. The molecule has 18 heavy (non-hydrogen) atoms. The fraction of sp³-hybridized carbons (Fsp3) is 0.929. The van der Waals surface area contributed by atoms with Crippen LogP contribution in [0.3, 0.4) is 0 Å². The van der Waals surface area contributed by atoms with Gasteiger partial charge in [-0.15, -0.1) is 0 Å². The quantitative estimate of drug-likeness (QED) is 0.631. The first kappa shape index (κ1) is 17.4. The Balaban J connectivity index is 4.16. The van der Waals surface area contributed by atoms with Gasteiger partial charge < -0.3 is 15.3 Å². The molecule has 2 N–H and O–H groups in total. The molecule has 0 aliphatic carbocycles. The number of hydrogen-bond donors (Lipinski definition) is 2. The maximum Gasteiger partial charge on any atom is 0.323 e. The Hall–Kier alpha value is -0.610. The average molecular weight is 258 g/mol. The topological polar surface area (TPSA) is 52.6 Å². The largest absolute Gasteiger partial charge is 0.480 e. The second-order valence-corrected chi connectivity index (χ2v) is 5.41. The van der Waals surface area contributed by atoms with Crippen LogP contribution in [0.4, 0.5) is 0 Å². The number of carboxylic acid groups (broad SMARTS) is 1. The molecule has 0 rings (SSSR count). The summed E-state index contributed by atoms with van der Waals surface area (Å²) in [5.74, 6) is -0.748. The molecule has 0 fully saturated rings. The Morgan fingerprint density at radius 1 is 1.44 bits per heavy atom. The molecule has 0 aromatic carbocycles. The minimum atomic E-state index is -0.785. The number of carbonyl (C=O) groups is 1. The van der Waals surface area contributed by atoms with Crippen LogP contribution in [0.5, 0.6) is 0 Å². The van der Waals surface area contributed by atoms with Gasteiger partial charge in [0.2, 0.25) is 0 Å². The van der Waals surface area contributed by atoms with E-state index in [1.165, 1.54) is 0 Å². The van der Waals surface area contributed by atoms with Gasteiger partial charge in [-0.1, -0.05) is 13.8 Å². The van der Waals surface area contributed by atoms with Gasteiger partial charge in [0.05, 0.1) is 0 Å². The SMILES string of the molecule is CCCNC(C)(CCCN(C)C(C)CC)C(=O)O. The molecule has 0 amide bonds. The highest BCUT2D eigenvalue weighted by atomic mass is 16.4. The van der Waals surface area contributed by atoms with E-state index in [9.17, 15) is 9.90 Å². The van der Waals surface area contributed by atoms with Gasteiger partial charge in [0, 0.05) is 6.04 Å². The van der Waals surface area contributed by atoms with Crippen molar-refractivity contribution in [3.05, 3.63) is 0 Å². The summed E-state index contributed by atoms with van der Waals surface area (Å²) in [4.78, 5) is 13.6. The van der Waals surface area contributed by atoms with Crippen molar-refractivity contribution in [3.63, 3.8) is 0 Å². The number of aliphatic carboxylic acids is 1. The molecule has 0 spiro atoms. The van der Waals surface area contributed by atoms with Gasteiger partial charge in [0.1, 0.15) is 5.54 Å². The van der Waals surface area contributed by atoms with Crippen LogP contribution in [-0.2, 0) is 4.79 Å². The Bertz CT molecular complexity index is 246. The smallest absolute Gasteiger partial charge is 0.323 e. The van der Waals surface area contributed by atoms with E-state index in [1.54, 1.807) is 6.92 Å². The highest BCUT2D eigenvalue weighted by Crippen LogP contribution is 2.14. The molecule has 108 valence electrons. The van der Waals surface area contributed by atoms with Gasteiger partial charge in [-0.2, -0.15) is 0 Å². The maximum atomic E-state index is 11.3. The fourth-order valence-corrected chi connectivity index (χ4v) is 1.89. The first-order chi connectivity index (χ1) is 8.37. The molecule has 0 aliphatic heterocycles. The lowest BCUT2D eigenvalue weighted by Crippen LogP contribution is -2.50. The van der Waals surface area contributed by atoms with Gasteiger partial charge in [-0.05, 0) is 59.7 Å². The molecule has 0 heterocycles. The van der Waals surface area contributed by atoms with Crippen molar-refractivity contribution in [2.75, 3.05) is 20.1 Å². The highest BCUT2D eigenvalue weighted by Gasteiger charge is 2.31. The summed E-state index contributed by atoms with van der Waals surface area (Å²) in [7, 11) is 2.10. The minimum absolute atomic E-state index is 0.560. The van der Waals surface area contributed by atoms with Crippen molar-refractivity contribution in [2.24, 2.45) is 0 Å². The third kappa shape index (κ3) is 5.83. The molecule has 0 saturated carbocycles. The van der Waals surface area contributed by atoms with E-state index in [1.807, 2.05) is 6.92 Å². The molecule has 0 aliphatic rings. The van der Waals surface area contributed by atoms with Crippen molar-refractivity contribution >= 4 is 5.97 Å². The normalized spacial score (nSPS) is 16.6. The van der Waals surface area contributed by atoms with Gasteiger partial charge in [0.15, 0.2) is 0 Å². The molecule has 0 radical (unpaired) electrons. The number of carboxylic acids is 1. The predicted octanol–water partition coefficient (Wildman–Crippen LogP) is 2.34. The van der Waals surface area contributed by atoms with Crippen molar-refractivity contribution in [1.82, 2.24) is 10.2 Å². The van der Waals surface area contributed by atoms with Crippen LogP contribution in [0, 0.1) is 0 Å². The summed E-state index contributed by atoms with van der Waals surface area (Å²) in [6.45, 7) is 9.91. The van der Waals surface area contributed by atoms with Crippen LogP contribution in [0.2, 0.25) is 0 Å². The molecule has 2 atom stereocenters. The Morgan fingerprint density at radius 3 is 2.50 bits per heavy atom. The standard InChI is InChI=1S/C14H30N2O2/c1-6-10-15-14(4,13(17)18)9-8-11-16(5)12(3)7-2/h12,15H,6-11H2,1-5H3,(H,17,18). The monoisotopic (exact) mass is 258 g/mol. The lowest BCUT2D eigenvalue weighted by atomic mass is 9.95. The first-order valence-electron chi connectivity index (χ1n) is 7.06. The third-order valence-electron chi connectivity index (χ3n) is 3.77. The summed E-state index contributed by atoms with van der Waals surface area (Å²) in [5.41, 5.74) is -0.785. The van der Waals surface area contributed by atoms with E-state index in [2.05, 4.69) is 31.1 Å². The number of nitrogens with zero attached hydrogens (tertiary/aromatic N) is 1. The van der Waals surface area contributed by atoms with Crippen LogP contribution in [0.15, 0.2) is 0 Å². The Labute approximate surface area is 112 Å². The fourth-order valence-electron chi connectivity index (χ4n) is 1.89. The Morgan fingerprint density at radius 2 is 2.06 bits per heavy atom. The summed E-state index contributed by atoms with van der Waals surface area (Å²) in [6, 6.07) is 0.560. The van der Waals surface area contributed by atoms with E-state index < -0.39 is 11.5 Å². The molecule has 0 saturated heterocycles. The van der Waals surface area contributed by atoms with E-state index in [4.69, 9.17) is 0 Å². The summed E-state index contributed by atoms with van der Waals surface area (Å²) >= 11 is 0. The van der Waals surface area contributed by atoms with Gasteiger partial charge in [0.25, 0.3) is 0 Å². The average Bonchev–Trinajstić information content (AvgIpc) is 2.34. The van der Waals surface area contributed by atoms with Crippen molar-refractivity contribution < 1.29 is 9.90 Å². The number of nitrogens with one attached hydrogen (secondary N) is 1. The third-order valence-corrected chi connectivity index (χ3v) is 3.77. The zero-order chi connectivity index (χ0) is 14.2. The second kappa shape index (κ2) is 8.48. The van der Waals surface area contributed by atoms with Crippen molar-refractivity contribution in [1.29, 1.82) is 0 Å². The lowest BCUT2D eigenvalue weighted by molar-refractivity contribution is -0.144. The van der Waals surface area contributed by atoms with Gasteiger partial charge in [-0.3, -0.25) is 4.79 Å². The van der Waals surface area contributed by atoms with Crippen molar-refractivity contribution in [2.45, 2.75) is 65.0 Å². The van der Waals surface area contributed by atoms with Crippen LogP contribution >= 0.6 is 0 Å². The van der Waals surface area contributed by atoms with Crippen LogP contribution < -0.4 is 5.32 Å². The molecular weight excluding hydrogens is 228 g/mol. The van der Waals surface area contributed by atoms with Gasteiger partial charge >= 0.3 is 5.97 Å². The lowest BCUT2D eigenvalue weighted by Gasteiger charge is -2.28. The van der Waals surface area contributed by atoms with Crippen molar-refractivity contribution in [3.8, 4) is 0 Å². The van der Waals surface area contributed by atoms with Gasteiger partial charge in [-0.25, -0.2) is 0 Å². The van der Waals surface area contributed by atoms with Crippen LogP contribution in [-0.4, -0.2) is 47.7 Å². The summed E-state index contributed by atoms with van der Waals surface area (Å²) in [6.07, 6.45) is 3.65. The van der Waals surface area contributed by atoms with E-state index in [0.29, 0.717) is 12.5 Å². The molecule has 4 heteroatoms. The van der Waals surface area contributed by atoms with E-state index >= 15 is 0 Å². The zero-order valence-electron chi connectivity index (χ0n) is 12.6.